The van der Waals surface area contributed by atoms with Crippen LogP contribution in [0.2, 0.25) is 0 Å². The quantitative estimate of drug-likeness (QED) is 0.0834. The first-order valence-electron chi connectivity index (χ1n) is 12.4. The highest BCUT2D eigenvalue weighted by molar-refractivity contribution is 5.83. The van der Waals surface area contributed by atoms with Crippen molar-refractivity contribution >= 4 is 17.5 Å². The molecular weight excluding hydrogens is 440 g/mol. The molecule has 7 heteroatoms. The lowest BCUT2D eigenvalue weighted by atomic mass is 9.92. The van der Waals surface area contributed by atoms with Crippen LogP contribution in [0.25, 0.3) is 0 Å². The van der Waals surface area contributed by atoms with Crippen LogP contribution in [0.1, 0.15) is 59.4 Å². The van der Waals surface area contributed by atoms with Crippen molar-refractivity contribution in [3.63, 3.8) is 0 Å². The van der Waals surface area contributed by atoms with Gasteiger partial charge in [0.25, 0.3) is 0 Å². The summed E-state index contributed by atoms with van der Waals surface area (Å²) in [6, 6.07) is 9.28. The Balaban J connectivity index is 0.00000562. The van der Waals surface area contributed by atoms with E-state index < -0.39 is 11.9 Å². The molecule has 0 saturated carbocycles. The molecule has 4 atom stereocenters. The number of amides is 2. The fraction of sp³-hybridized carbons (Fsp3) is 0.500. The molecule has 2 amide bonds. The Kier molecular flexibility index (Phi) is 17.6. The molecule has 0 saturated heterocycles. The SMILES string of the molecule is C#CNc1ccccc1CC(NCCC(=O)NO)C(=O)NC(CCC(C)/C=C\C)C(C)C=C.CC. The zero-order valence-electron chi connectivity index (χ0n) is 21.9. The largest absolute Gasteiger partial charge is 0.351 e. The molecule has 0 aliphatic heterocycles. The molecule has 1 rings (SSSR count). The zero-order chi connectivity index (χ0) is 26.6. The molecule has 0 spiro atoms. The van der Waals surface area contributed by atoms with Crippen LogP contribution in [0.3, 0.4) is 0 Å². The van der Waals surface area contributed by atoms with Crippen molar-refractivity contribution < 1.29 is 14.8 Å². The fourth-order valence-electron chi connectivity index (χ4n) is 3.57. The standard InChI is InChI=1S/C26H38N4O3.C2H6/c1-6-11-19(4)14-15-22(20(5)7-2)29-26(32)24(28-17-16-25(31)30-33)18-21-12-9-10-13-23(21)27-8-3;1-2/h3,6-7,9-13,19-20,22,24,27-28,33H,2,14-18H2,1,4-5H3,(H,29,32)(H,30,31);1-2H3/b11-6-;. The summed E-state index contributed by atoms with van der Waals surface area (Å²) in [5.41, 5.74) is 3.24. The molecule has 0 aliphatic carbocycles. The highest BCUT2D eigenvalue weighted by Crippen LogP contribution is 2.19. The molecule has 0 fully saturated rings. The van der Waals surface area contributed by atoms with Gasteiger partial charge < -0.3 is 16.0 Å². The number of nitrogens with one attached hydrogen (secondary N) is 4. The minimum atomic E-state index is -0.593. The van der Waals surface area contributed by atoms with Crippen molar-refractivity contribution in [1.29, 1.82) is 0 Å². The molecule has 35 heavy (non-hydrogen) atoms. The Morgan fingerprint density at radius 1 is 1.20 bits per heavy atom. The lowest BCUT2D eigenvalue weighted by molar-refractivity contribution is -0.129. The normalized spacial score (nSPS) is 13.9. The smallest absolute Gasteiger partial charge is 0.244 e. The first-order valence-corrected chi connectivity index (χ1v) is 12.4. The molecule has 7 nitrogen and oxygen atoms in total. The molecular formula is C28H44N4O3. The second-order valence-corrected chi connectivity index (χ2v) is 8.21. The van der Waals surface area contributed by atoms with Gasteiger partial charge in [-0.25, -0.2) is 5.48 Å². The van der Waals surface area contributed by atoms with E-state index in [0.717, 1.165) is 24.1 Å². The van der Waals surface area contributed by atoms with Crippen LogP contribution in [-0.4, -0.2) is 35.7 Å². The Hall–Kier alpha value is -3.08. The molecule has 0 aliphatic rings. The average Bonchev–Trinajstić information content (AvgIpc) is 2.87. The number of allylic oxidation sites excluding steroid dienone is 2. The lowest BCUT2D eigenvalue weighted by Crippen LogP contribution is -2.51. The second kappa shape index (κ2) is 19.2. The molecule has 5 N–H and O–H groups in total. The van der Waals surface area contributed by atoms with Gasteiger partial charge >= 0.3 is 0 Å². The summed E-state index contributed by atoms with van der Waals surface area (Å²) in [6.45, 7) is 14.3. The van der Waals surface area contributed by atoms with Gasteiger partial charge in [0.2, 0.25) is 11.8 Å². The molecule has 4 unspecified atom stereocenters. The Labute approximate surface area is 211 Å². The molecule has 0 bridgehead atoms. The zero-order valence-corrected chi connectivity index (χ0v) is 21.9. The maximum atomic E-state index is 13.3. The van der Waals surface area contributed by atoms with Crippen molar-refractivity contribution in [2.24, 2.45) is 11.8 Å². The molecule has 1 aromatic rings. The number of para-hydroxylation sites is 1. The maximum Gasteiger partial charge on any atom is 0.244 e. The third kappa shape index (κ3) is 12.8. The van der Waals surface area contributed by atoms with Crippen LogP contribution in [0.15, 0.2) is 49.1 Å². The van der Waals surface area contributed by atoms with Gasteiger partial charge in [0.1, 0.15) is 0 Å². The third-order valence-corrected chi connectivity index (χ3v) is 5.62. The molecule has 194 valence electrons. The van der Waals surface area contributed by atoms with Crippen LogP contribution in [-0.2, 0) is 16.0 Å². The van der Waals surface area contributed by atoms with E-state index >= 15 is 0 Å². The number of rotatable bonds is 15. The van der Waals surface area contributed by atoms with Crippen LogP contribution >= 0.6 is 0 Å². The van der Waals surface area contributed by atoms with Gasteiger partial charge in [0, 0.05) is 30.7 Å². The van der Waals surface area contributed by atoms with E-state index in [0.29, 0.717) is 12.3 Å². The minimum Gasteiger partial charge on any atom is -0.351 e. The van der Waals surface area contributed by atoms with Crippen molar-refractivity contribution in [3.8, 4) is 12.5 Å². The first-order chi connectivity index (χ1) is 16.9. The van der Waals surface area contributed by atoms with Crippen LogP contribution in [0, 0.1) is 24.3 Å². The second-order valence-electron chi connectivity index (χ2n) is 8.21. The highest BCUT2D eigenvalue weighted by atomic mass is 16.5. The van der Waals surface area contributed by atoms with Crippen LogP contribution in [0.4, 0.5) is 5.69 Å². The number of hydrogen-bond donors (Lipinski definition) is 5. The number of carbonyl (C=O) groups excluding carboxylic acids is 2. The molecule has 0 aromatic heterocycles. The fourth-order valence-corrected chi connectivity index (χ4v) is 3.57. The van der Waals surface area contributed by atoms with E-state index in [4.69, 9.17) is 11.6 Å². The van der Waals surface area contributed by atoms with E-state index in [2.05, 4.69) is 41.6 Å². The monoisotopic (exact) mass is 484 g/mol. The van der Waals surface area contributed by atoms with Crippen molar-refractivity contribution in [1.82, 2.24) is 16.1 Å². The third-order valence-electron chi connectivity index (χ3n) is 5.62. The Morgan fingerprint density at radius 2 is 1.89 bits per heavy atom. The summed E-state index contributed by atoms with van der Waals surface area (Å²) in [5, 5.41) is 17.9. The predicted octanol–water partition coefficient (Wildman–Crippen LogP) is 4.41. The van der Waals surface area contributed by atoms with Gasteiger partial charge in [-0.15, -0.1) is 6.58 Å². The first kappa shape index (κ1) is 31.9. The van der Waals surface area contributed by atoms with Crippen molar-refractivity contribution in [2.45, 2.75) is 72.4 Å². The molecule has 1 aromatic carbocycles. The number of carbonyl (C=O) groups is 2. The number of anilines is 1. The van der Waals surface area contributed by atoms with E-state index in [1.165, 1.54) is 0 Å². The molecule has 0 heterocycles. The van der Waals surface area contributed by atoms with E-state index in [9.17, 15) is 9.59 Å². The highest BCUT2D eigenvalue weighted by Gasteiger charge is 2.25. The van der Waals surface area contributed by atoms with Gasteiger partial charge in [-0.3, -0.25) is 14.8 Å². The Bertz CT molecular complexity index is 832. The lowest BCUT2D eigenvalue weighted by Gasteiger charge is -2.27. The summed E-state index contributed by atoms with van der Waals surface area (Å²) < 4.78 is 0. The minimum absolute atomic E-state index is 0.0396. The topological polar surface area (TPSA) is 102 Å². The Morgan fingerprint density at radius 3 is 2.49 bits per heavy atom. The number of hydroxylamine groups is 1. The van der Waals surface area contributed by atoms with Gasteiger partial charge in [-0.2, -0.15) is 0 Å². The average molecular weight is 485 g/mol. The van der Waals surface area contributed by atoms with Gasteiger partial charge in [0.05, 0.1) is 6.04 Å². The summed E-state index contributed by atoms with van der Waals surface area (Å²) >= 11 is 0. The number of benzene rings is 1. The van der Waals surface area contributed by atoms with Crippen LogP contribution in [0.5, 0.6) is 0 Å². The van der Waals surface area contributed by atoms with Gasteiger partial charge in [-0.1, -0.05) is 70.5 Å². The summed E-state index contributed by atoms with van der Waals surface area (Å²) in [5.74, 6) is -0.165. The maximum absolute atomic E-state index is 13.3. The van der Waals surface area contributed by atoms with Crippen molar-refractivity contribution in [2.75, 3.05) is 11.9 Å². The summed E-state index contributed by atoms with van der Waals surface area (Å²) in [7, 11) is 0. The van der Waals surface area contributed by atoms with E-state index in [-0.39, 0.29) is 30.8 Å². The summed E-state index contributed by atoms with van der Waals surface area (Å²) in [6.07, 6.45) is 13.6. The van der Waals surface area contributed by atoms with Crippen molar-refractivity contribution in [3.05, 3.63) is 54.6 Å². The molecule has 0 radical (unpaired) electrons. The summed E-state index contributed by atoms with van der Waals surface area (Å²) in [4.78, 5) is 24.7. The number of hydrogen-bond acceptors (Lipinski definition) is 5. The van der Waals surface area contributed by atoms with Crippen LogP contribution < -0.4 is 21.4 Å². The predicted molar refractivity (Wildman–Crippen MR) is 145 cm³/mol. The van der Waals surface area contributed by atoms with E-state index in [1.807, 2.05) is 64.1 Å². The van der Waals surface area contributed by atoms with Gasteiger partial charge in [0.15, 0.2) is 0 Å². The number of terminal acetylenes is 1. The van der Waals surface area contributed by atoms with E-state index in [1.54, 1.807) is 5.48 Å². The van der Waals surface area contributed by atoms with Gasteiger partial charge in [-0.05, 0) is 49.7 Å².